The van der Waals surface area contributed by atoms with Gasteiger partial charge in [-0.3, -0.25) is 4.90 Å². The summed E-state index contributed by atoms with van der Waals surface area (Å²) < 4.78 is 0. The van der Waals surface area contributed by atoms with Crippen LogP contribution in [0.1, 0.15) is 0 Å². The number of rotatable bonds is 0. The number of carbonyl (C=O) groups is 1. The van der Waals surface area contributed by atoms with Gasteiger partial charge in [-0.1, -0.05) is 0 Å². The molecule has 1 amide bonds. The molecule has 0 heterocycles. The molecule has 0 saturated heterocycles. The molecule has 0 aromatic heterocycles. The zero-order valence-corrected chi connectivity index (χ0v) is 6.03. The number of hydrogen-bond acceptors (Lipinski definition) is 2. The maximum absolute atomic E-state index is 10.1. The third-order valence-corrected chi connectivity index (χ3v) is 1.28. The number of carboxylic acid groups (broad SMARTS) is 1. The van der Waals surface area contributed by atoms with Crippen molar-refractivity contribution in [3.8, 4) is 0 Å². The van der Waals surface area contributed by atoms with E-state index in [2.05, 4.69) is 17.5 Å². The van der Waals surface area contributed by atoms with Crippen molar-refractivity contribution in [1.29, 1.82) is 0 Å². The predicted octanol–water partition coefficient (Wildman–Crippen LogP) is 0.101. The van der Waals surface area contributed by atoms with Crippen LogP contribution in [0.25, 0.3) is 0 Å². The average Bonchev–Trinajstić information content (AvgIpc) is 1.84. The number of nitrogens with one attached hydrogen (secondary N) is 1. The van der Waals surface area contributed by atoms with E-state index >= 15 is 0 Å². The predicted molar refractivity (Wildman–Crippen MR) is 37.4 cm³/mol. The molecule has 2 N–H and O–H groups in total. The van der Waals surface area contributed by atoms with Gasteiger partial charge in [0, 0.05) is 14.1 Å². The van der Waals surface area contributed by atoms with E-state index in [1.54, 1.807) is 7.05 Å². The molecule has 0 rings (SSSR count). The Morgan fingerprint density at radius 2 is 2.22 bits per heavy atom. The van der Waals surface area contributed by atoms with Crippen LogP contribution in [0.5, 0.6) is 0 Å². The Balaban J connectivity index is 3.88. The highest BCUT2D eigenvalue weighted by Gasteiger charge is 2.07. The second-order valence-electron chi connectivity index (χ2n) is 1.40. The van der Waals surface area contributed by atoms with Crippen molar-refractivity contribution in [3.05, 3.63) is 0 Å². The molecule has 0 bridgehead atoms. The molecule has 9 heavy (non-hydrogen) atoms. The molecule has 5 heteroatoms. The van der Waals surface area contributed by atoms with E-state index in [0.29, 0.717) is 0 Å². The van der Waals surface area contributed by atoms with Gasteiger partial charge in [-0.15, -0.1) is 0 Å². The lowest BCUT2D eigenvalue weighted by molar-refractivity contribution is 0.175. The first-order chi connectivity index (χ1) is 4.09. The minimum Gasteiger partial charge on any atom is -0.465 e. The molecular weight excluding hydrogens is 140 g/mol. The highest BCUT2D eigenvalue weighted by atomic mass is 32.1. The largest absolute Gasteiger partial charge is 0.465 e. The monoisotopic (exact) mass is 148 g/mol. The van der Waals surface area contributed by atoms with Crippen LogP contribution in [0.15, 0.2) is 0 Å². The summed E-state index contributed by atoms with van der Waals surface area (Å²) in [5, 5.41) is 11.0. The van der Waals surface area contributed by atoms with Gasteiger partial charge in [0.2, 0.25) is 0 Å². The Hall–Kier alpha value is -0.840. The molecular formula is C4H8N2O2S. The fourth-order valence-corrected chi connectivity index (χ4v) is 0.333. The summed E-state index contributed by atoms with van der Waals surface area (Å²) in [5.41, 5.74) is 0. The van der Waals surface area contributed by atoms with E-state index in [0.717, 1.165) is 4.90 Å². The van der Waals surface area contributed by atoms with E-state index in [9.17, 15) is 4.79 Å². The van der Waals surface area contributed by atoms with Crippen molar-refractivity contribution in [2.45, 2.75) is 0 Å². The number of hydrogen-bond donors (Lipinski definition) is 2. The van der Waals surface area contributed by atoms with E-state index in [-0.39, 0.29) is 5.11 Å². The van der Waals surface area contributed by atoms with Gasteiger partial charge in [0.15, 0.2) is 5.11 Å². The molecule has 4 nitrogen and oxygen atoms in total. The van der Waals surface area contributed by atoms with E-state index in [1.165, 1.54) is 7.05 Å². The number of thiocarbonyl (C=S) groups is 1. The minimum atomic E-state index is -1.06. The van der Waals surface area contributed by atoms with Crippen LogP contribution < -0.4 is 5.32 Å². The molecule has 0 spiro atoms. The average molecular weight is 148 g/mol. The zero-order chi connectivity index (χ0) is 7.44. The summed E-state index contributed by atoms with van der Waals surface area (Å²) in [7, 11) is 2.95. The molecule has 52 valence electrons. The summed E-state index contributed by atoms with van der Waals surface area (Å²) in [6.45, 7) is 0. The Morgan fingerprint density at radius 3 is 2.33 bits per heavy atom. The fourth-order valence-electron chi connectivity index (χ4n) is 0.255. The van der Waals surface area contributed by atoms with Crippen LogP contribution in [-0.4, -0.2) is 35.3 Å². The van der Waals surface area contributed by atoms with Gasteiger partial charge < -0.3 is 10.4 Å². The van der Waals surface area contributed by atoms with E-state index in [1.807, 2.05) is 0 Å². The SMILES string of the molecule is CNC(=S)N(C)C(=O)O. The third-order valence-electron chi connectivity index (χ3n) is 0.805. The molecule has 0 aliphatic carbocycles. The van der Waals surface area contributed by atoms with Crippen molar-refractivity contribution in [2.24, 2.45) is 0 Å². The fraction of sp³-hybridized carbons (Fsp3) is 0.500. The first-order valence-electron chi connectivity index (χ1n) is 2.28. The molecule has 0 fully saturated rings. The van der Waals surface area contributed by atoms with E-state index < -0.39 is 6.09 Å². The van der Waals surface area contributed by atoms with Gasteiger partial charge in [-0.2, -0.15) is 0 Å². The lowest BCUT2D eigenvalue weighted by atomic mass is 10.8. The van der Waals surface area contributed by atoms with Crippen LogP contribution >= 0.6 is 12.2 Å². The normalized spacial score (nSPS) is 8.22. The quantitative estimate of drug-likeness (QED) is 0.478. The Morgan fingerprint density at radius 1 is 1.78 bits per heavy atom. The summed E-state index contributed by atoms with van der Waals surface area (Å²) >= 11 is 4.59. The summed E-state index contributed by atoms with van der Waals surface area (Å²) in [6, 6.07) is 0. The van der Waals surface area contributed by atoms with Crippen molar-refractivity contribution >= 4 is 23.4 Å². The Labute approximate surface area is 58.5 Å². The molecule has 0 aromatic carbocycles. The molecule has 0 radical (unpaired) electrons. The highest BCUT2D eigenvalue weighted by Crippen LogP contribution is 1.83. The summed E-state index contributed by atoms with van der Waals surface area (Å²) in [4.78, 5) is 11.0. The number of nitrogens with zero attached hydrogens (tertiary/aromatic N) is 1. The van der Waals surface area contributed by atoms with Gasteiger partial charge in [0.1, 0.15) is 0 Å². The molecule has 0 aromatic rings. The highest BCUT2D eigenvalue weighted by molar-refractivity contribution is 7.80. The van der Waals surface area contributed by atoms with Gasteiger partial charge in [-0.05, 0) is 12.2 Å². The Kier molecular flexibility index (Phi) is 2.94. The molecule has 0 aliphatic heterocycles. The summed E-state index contributed by atoms with van der Waals surface area (Å²) in [6.07, 6.45) is -1.06. The second kappa shape index (κ2) is 3.24. The third kappa shape index (κ3) is 2.27. The number of amides is 1. The molecule has 0 unspecified atom stereocenters. The van der Waals surface area contributed by atoms with Gasteiger partial charge in [0.25, 0.3) is 0 Å². The lowest BCUT2D eigenvalue weighted by Crippen LogP contribution is -2.38. The minimum absolute atomic E-state index is 0.197. The van der Waals surface area contributed by atoms with Crippen molar-refractivity contribution in [2.75, 3.05) is 14.1 Å². The van der Waals surface area contributed by atoms with Gasteiger partial charge in [0.05, 0.1) is 0 Å². The van der Waals surface area contributed by atoms with Gasteiger partial charge in [-0.25, -0.2) is 4.79 Å². The lowest BCUT2D eigenvalue weighted by Gasteiger charge is -2.11. The second-order valence-corrected chi connectivity index (χ2v) is 1.78. The first kappa shape index (κ1) is 8.16. The molecule has 0 saturated carbocycles. The van der Waals surface area contributed by atoms with Crippen molar-refractivity contribution < 1.29 is 9.90 Å². The van der Waals surface area contributed by atoms with Crippen LogP contribution in [0.2, 0.25) is 0 Å². The molecule has 0 aliphatic rings. The standard InChI is InChI=1S/C4H8N2O2S/c1-5-3(9)6(2)4(7)8/h1-2H3,(H,5,9)(H,7,8). The van der Waals surface area contributed by atoms with Crippen LogP contribution in [0, 0.1) is 0 Å². The maximum atomic E-state index is 10.1. The van der Waals surface area contributed by atoms with Crippen molar-refractivity contribution in [3.63, 3.8) is 0 Å². The van der Waals surface area contributed by atoms with Crippen LogP contribution in [0.3, 0.4) is 0 Å². The van der Waals surface area contributed by atoms with Crippen LogP contribution in [-0.2, 0) is 0 Å². The van der Waals surface area contributed by atoms with Crippen LogP contribution in [0.4, 0.5) is 4.79 Å². The van der Waals surface area contributed by atoms with E-state index in [4.69, 9.17) is 5.11 Å². The zero-order valence-electron chi connectivity index (χ0n) is 5.21. The first-order valence-corrected chi connectivity index (χ1v) is 2.68. The smallest absolute Gasteiger partial charge is 0.413 e. The van der Waals surface area contributed by atoms with Crippen molar-refractivity contribution in [1.82, 2.24) is 10.2 Å². The maximum Gasteiger partial charge on any atom is 0.413 e. The Bertz CT molecular complexity index is 137. The van der Waals surface area contributed by atoms with Gasteiger partial charge >= 0.3 is 6.09 Å². The summed E-state index contributed by atoms with van der Waals surface area (Å²) in [5.74, 6) is 0. The molecule has 0 atom stereocenters. The topological polar surface area (TPSA) is 52.6 Å².